The molecule has 1 fully saturated rings. The van der Waals surface area contributed by atoms with Gasteiger partial charge in [0.25, 0.3) is 0 Å². The molecule has 36 heavy (non-hydrogen) atoms. The van der Waals surface area contributed by atoms with Crippen LogP contribution in [-0.2, 0) is 4.79 Å². The van der Waals surface area contributed by atoms with Gasteiger partial charge in [0, 0.05) is 28.6 Å². The lowest BCUT2D eigenvalue weighted by molar-refractivity contribution is -0.123. The van der Waals surface area contributed by atoms with Gasteiger partial charge in [0.15, 0.2) is 0 Å². The Morgan fingerprint density at radius 2 is 1.75 bits per heavy atom. The summed E-state index contributed by atoms with van der Waals surface area (Å²) >= 11 is 1.21. The van der Waals surface area contributed by atoms with E-state index in [2.05, 4.69) is 17.1 Å². The van der Waals surface area contributed by atoms with Crippen LogP contribution >= 0.6 is 11.3 Å². The molecule has 0 saturated heterocycles. The largest absolute Gasteiger partial charge is 0.477 e. The third-order valence-electron chi connectivity index (χ3n) is 7.00. The SMILES string of the molecule is CC(C)N(c1cc(-c2ccc(-c3cc4cccnn4n3)cc2)sc1C(=O)O)C(=O)[C@H]1CC[C@H](C)CC1. The molecule has 0 radical (unpaired) electrons. The van der Waals surface area contributed by atoms with Crippen LogP contribution in [-0.4, -0.2) is 37.9 Å². The fourth-order valence-electron chi connectivity index (χ4n) is 4.99. The minimum atomic E-state index is -1.01. The van der Waals surface area contributed by atoms with Crippen molar-refractivity contribution in [3.63, 3.8) is 0 Å². The third kappa shape index (κ3) is 4.65. The molecule has 4 aromatic rings. The molecule has 0 unspecified atom stereocenters. The summed E-state index contributed by atoms with van der Waals surface area (Å²) in [5, 5.41) is 18.7. The normalized spacial score (nSPS) is 18.0. The zero-order chi connectivity index (χ0) is 25.4. The Morgan fingerprint density at radius 1 is 1.06 bits per heavy atom. The number of hydrogen-bond donors (Lipinski definition) is 1. The summed E-state index contributed by atoms with van der Waals surface area (Å²) < 4.78 is 1.60. The van der Waals surface area contributed by atoms with Crippen LogP contribution in [0.2, 0.25) is 0 Å². The molecule has 1 N–H and O–H groups in total. The molecule has 0 bridgehead atoms. The molecule has 1 amide bonds. The highest BCUT2D eigenvalue weighted by molar-refractivity contribution is 7.18. The van der Waals surface area contributed by atoms with Crippen molar-refractivity contribution in [1.29, 1.82) is 0 Å². The van der Waals surface area contributed by atoms with Gasteiger partial charge in [0.1, 0.15) is 4.88 Å². The van der Waals surface area contributed by atoms with E-state index in [0.717, 1.165) is 52.9 Å². The van der Waals surface area contributed by atoms with Crippen molar-refractivity contribution in [3.8, 4) is 21.7 Å². The Labute approximate surface area is 214 Å². The van der Waals surface area contributed by atoms with E-state index in [1.165, 1.54) is 11.3 Å². The van der Waals surface area contributed by atoms with Gasteiger partial charge in [-0.2, -0.15) is 9.73 Å². The van der Waals surface area contributed by atoms with E-state index in [1.54, 1.807) is 15.7 Å². The monoisotopic (exact) mass is 502 g/mol. The minimum Gasteiger partial charge on any atom is -0.477 e. The van der Waals surface area contributed by atoms with E-state index in [1.807, 2.05) is 62.4 Å². The Kier molecular flexibility index (Phi) is 6.62. The summed E-state index contributed by atoms with van der Waals surface area (Å²) in [6, 6.07) is 15.4. The standard InChI is InChI=1S/C28H30N4O3S/c1-17(2)31(27(33)21-8-6-18(3)7-9-21)24-16-25(36-26(24)28(34)35)20-12-10-19(11-13-20)23-15-22-5-4-14-29-32(22)30-23/h4-5,10-18,21H,6-9H2,1-3H3,(H,34,35)/t18-,21-. The number of hydrogen-bond acceptors (Lipinski definition) is 5. The number of aromatic carboxylic acids is 1. The average molecular weight is 503 g/mol. The highest BCUT2D eigenvalue weighted by Crippen LogP contribution is 2.40. The first kappa shape index (κ1) is 24.2. The predicted molar refractivity (Wildman–Crippen MR) is 142 cm³/mol. The fraction of sp³-hybridized carbons (Fsp3) is 0.357. The van der Waals surface area contributed by atoms with Crippen molar-refractivity contribution in [3.05, 3.63) is 59.6 Å². The Morgan fingerprint density at radius 3 is 2.39 bits per heavy atom. The van der Waals surface area contributed by atoms with Crippen molar-refractivity contribution < 1.29 is 14.7 Å². The number of carboxylic acids is 1. The van der Waals surface area contributed by atoms with Crippen LogP contribution in [0.15, 0.2) is 54.7 Å². The highest BCUT2D eigenvalue weighted by Gasteiger charge is 2.33. The summed E-state index contributed by atoms with van der Waals surface area (Å²) in [4.78, 5) is 28.5. The molecule has 7 nitrogen and oxygen atoms in total. The lowest BCUT2D eigenvalue weighted by Crippen LogP contribution is -2.42. The number of amides is 1. The van der Waals surface area contributed by atoms with Gasteiger partial charge in [-0.15, -0.1) is 16.4 Å². The minimum absolute atomic E-state index is 0.0413. The van der Waals surface area contributed by atoms with Gasteiger partial charge < -0.3 is 10.0 Å². The van der Waals surface area contributed by atoms with E-state index in [9.17, 15) is 14.7 Å². The number of anilines is 1. The molecule has 1 aliphatic rings. The second kappa shape index (κ2) is 9.85. The maximum atomic E-state index is 13.6. The lowest BCUT2D eigenvalue weighted by Gasteiger charge is -2.33. The third-order valence-corrected chi connectivity index (χ3v) is 8.16. The van der Waals surface area contributed by atoms with Crippen LogP contribution in [0.4, 0.5) is 5.69 Å². The van der Waals surface area contributed by atoms with Crippen LogP contribution in [0.3, 0.4) is 0 Å². The zero-order valence-electron chi connectivity index (χ0n) is 20.7. The maximum Gasteiger partial charge on any atom is 0.348 e. The van der Waals surface area contributed by atoms with Gasteiger partial charge >= 0.3 is 5.97 Å². The number of benzene rings is 1. The predicted octanol–water partition coefficient (Wildman–Crippen LogP) is 6.39. The maximum absolute atomic E-state index is 13.6. The summed E-state index contributed by atoms with van der Waals surface area (Å²) in [7, 11) is 0. The first-order valence-electron chi connectivity index (χ1n) is 12.4. The van der Waals surface area contributed by atoms with Crippen LogP contribution in [0, 0.1) is 11.8 Å². The Bertz CT molecular complexity index is 1360. The van der Waals surface area contributed by atoms with Gasteiger partial charge in [-0.05, 0) is 75.3 Å². The number of carbonyl (C=O) groups is 2. The summed E-state index contributed by atoms with van der Waals surface area (Å²) in [5.74, 6) is -0.373. The zero-order valence-corrected chi connectivity index (χ0v) is 21.5. The van der Waals surface area contributed by atoms with Gasteiger partial charge in [0.05, 0.1) is 16.9 Å². The lowest BCUT2D eigenvalue weighted by atomic mass is 9.82. The molecule has 1 aromatic carbocycles. The second-order valence-electron chi connectivity index (χ2n) is 9.93. The van der Waals surface area contributed by atoms with Gasteiger partial charge in [-0.1, -0.05) is 31.2 Å². The second-order valence-corrected chi connectivity index (χ2v) is 11.0. The summed E-state index contributed by atoms with van der Waals surface area (Å²) in [5.41, 5.74) is 4.08. The molecule has 3 heterocycles. The molecule has 0 spiro atoms. The smallest absolute Gasteiger partial charge is 0.348 e. The van der Waals surface area contributed by atoms with E-state index in [-0.39, 0.29) is 22.7 Å². The van der Waals surface area contributed by atoms with Crippen molar-refractivity contribution in [2.75, 3.05) is 4.90 Å². The van der Waals surface area contributed by atoms with Crippen molar-refractivity contribution in [1.82, 2.24) is 14.8 Å². The van der Waals surface area contributed by atoms with Crippen molar-refractivity contribution >= 4 is 34.4 Å². The molecule has 186 valence electrons. The molecule has 1 aliphatic carbocycles. The van der Waals surface area contributed by atoms with Crippen LogP contribution < -0.4 is 4.90 Å². The molecule has 0 aliphatic heterocycles. The molecule has 0 atom stereocenters. The number of fused-ring (bicyclic) bond motifs is 1. The van der Waals surface area contributed by atoms with Crippen molar-refractivity contribution in [2.45, 2.75) is 52.5 Å². The van der Waals surface area contributed by atoms with E-state index < -0.39 is 5.97 Å². The van der Waals surface area contributed by atoms with Gasteiger partial charge in [-0.3, -0.25) is 4.79 Å². The number of thiophene rings is 1. The Balaban J connectivity index is 1.46. The molecular formula is C28H30N4O3S. The highest BCUT2D eigenvalue weighted by atomic mass is 32.1. The van der Waals surface area contributed by atoms with E-state index in [4.69, 9.17) is 0 Å². The number of aromatic nitrogens is 3. The first-order chi connectivity index (χ1) is 17.3. The number of nitrogens with zero attached hydrogens (tertiary/aromatic N) is 4. The van der Waals surface area contributed by atoms with Crippen LogP contribution in [0.1, 0.15) is 56.1 Å². The van der Waals surface area contributed by atoms with Gasteiger partial charge in [-0.25, -0.2) is 4.79 Å². The fourth-order valence-corrected chi connectivity index (χ4v) is 5.99. The van der Waals surface area contributed by atoms with Crippen LogP contribution in [0.25, 0.3) is 27.2 Å². The molecule has 1 saturated carbocycles. The average Bonchev–Trinajstić information content (AvgIpc) is 3.49. The molecule has 3 aromatic heterocycles. The van der Waals surface area contributed by atoms with Crippen LogP contribution in [0.5, 0.6) is 0 Å². The molecule has 8 heteroatoms. The number of carboxylic acid groups (broad SMARTS) is 1. The Hall–Kier alpha value is -3.52. The topological polar surface area (TPSA) is 87.8 Å². The van der Waals surface area contributed by atoms with Gasteiger partial charge in [0.2, 0.25) is 5.91 Å². The van der Waals surface area contributed by atoms with E-state index >= 15 is 0 Å². The molecular weight excluding hydrogens is 472 g/mol. The molecule has 5 rings (SSSR count). The number of carbonyl (C=O) groups excluding carboxylic acids is 1. The summed E-state index contributed by atoms with van der Waals surface area (Å²) in [6.45, 7) is 6.13. The quantitative estimate of drug-likeness (QED) is 0.330. The number of rotatable bonds is 6. The van der Waals surface area contributed by atoms with Crippen molar-refractivity contribution in [2.24, 2.45) is 11.8 Å². The van der Waals surface area contributed by atoms with E-state index in [0.29, 0.717) is 11.6 Å². The summed E-state index contributed by atoms with van der Waals surface area (Å²) in [6.07, 6.45) is 5.50. The first-order valence-corrected chi connectivity index (χ1v) is 13.3.